The van der Waals surface area contributed by atoms with Crippen molar-refractivity contribution in [3.8, 4) is 0 Å². The maximum atomic E-state index is 12.9. The van der Waals surface area contributed by atoms with Crippen LogP contribution in [0.3, 0.4) is 0 Å². The molecule has 0 spiro atoms. The van der Waals surface area contributed by atoms with Crippen LogP contribution in [-0.4, -0.2) is 43.2 Å². The number of piperidine rings is 1. The fraction of sp³-hybridized carbons (Fsp3) is 0.684. The molecule has 2 aromatic rings. The predicted molar refractivity (Wildman–Crippen MR) is 101 cm³/mol. The van der Waals surface area contributed by atoms with Crippen molar-refractivity contribution in [3.05, 3.63) is 22.4 Å². The SMILES string of the molecule is Cc1nc2c(cnn2C(C)(C)C)c(=O)n1CCC(=O)N1CCC(C)CC1. The number of amides is 1. The first kappa shape index (κ1) is 18.6. The van der Waals surface area contributed by atoms with Crippen LogP contribution in [-0.2, 0) is 16.9 Å². The highest BCUT2D eigenvalue weighted by atomic mass is 16.2. The van der Waals surface area contributed by atoms with E-state index in [1.807, 2.05) is 32.6 Å². The van der Waals surface area contributed by atoms with E-state index in [1.165, 1.54) is 0 Å². The van der Waals surface area contributed by atoms with Gasteiger partial charge in [0.15, 0.2) is 5.65 Å². The van der Waals surface area contributed by atoms with Crippen LogP contribution in [0.1, 0.15) is 52.8 Å². The Bertz CT molecular complexity index is 866. The van der Waals surface area contributed by atoms with Gasteiger partial charge in [0.25, 0.3) is 5.56 Å². The van der Waals surface area contributed by atoms with Crippen LogP contribution in [0, 0.1) is 12.8 Å². The van der Waals surface area contributed by atoms with Gasteiger partial charge in [-0.15, -0.1) is 0 Å². The zero-order valence-electron chi connectivity index (χ0n) is 16.4. The number of hydrogen-bond acceptors (Lipinski definition) is 4. The molecule has 1 aliphatic heterocycles. The van der Waals surface area contributed by atoms with E-state index < -0.39 is 0 Å². The molecule has 0 saturated carbocycles. The van der Waals surface area contributed by atoms with E-state index >= 15 is 0 Å². The molecular weight excluding hydrogens is 330 g/mol. The Balaban J connectivity index is 1.80. The molecule has 142 valence electrons. The fourth-order valence-corrected chi connectivity index (χ4v) is 3.48. The minimum absolute atomic E-state index is 0.119. The Labute approximate surface area is 154 Å². The van der Waals surface area contributed by atoms with Crippen LogP contribution in [0.5, 0.6) is 0 Å². The lowest BCUT2D eigenvalue weighted by atomic mass is 9.99. The summed E-state index contributed by atoms with van der Waals surface area (Å²) in [7, 11) is 0. The number of carbonyl (C=O) groups is 1. The predicted octanol–water partition coefficient (Wildman–Crippen LogP) is 2.31. The Hall–Kier alpha value is -2.18. The highest BCUT2D eigenvalue weighted by molar-refractivity contribution is 5.76. The minimum atomic E-state index is -0.249. The van der Waals surface area contributed by atoms with Crippen LogP contribution in [0.15, 0.2) is 11.0 Å². The normalized spacial score (nSPS) is 16.4. The third-order valence-electron chi connectivity index (χ3n) is 5.20. The van der Waals surface area contributed by atoms with Crippen LogP contribution < -0.4 is 5.56 Å². The van der Waals surface area contributed by atoms with Gasteiger partial charge in [0, 0.05) is 26.1 Å². The lowest BCUT2D eigenvalue weighted by molar-refractivity contribution is -0.132. The van der Waals surface area contributed by atoms with E-state index in [1.54, 1.807) is 15.4 Å². The van der Waals surface area contributed by atoms with Gasteiger partial charge in [0.1, 0.15) is 11.2 Å². The number of carbonyl (C=O) groups excluding carboxylic acids is 1. The van der Waals surface area contributed by atoms with Crippen molar-refractivity contribution < 1.29 is 4.79 Å². The Morgan fingerprint density at radius 3 is 2.54 bits per heavy atom. The van der Waals surface area contributed by atoms with E-state index in [-0.39, 0.29) is 17.0 Å². The lowest BCUT2D eigenvalue weighted by Crippen LogP contribution is -2.38. The minimum Gasteiger partial charge on any atom is -0.343 e. The van der Waals surface area contributed by atoms with Gasteiger partial charge < -0.3 is 4.90 Å². The highest BCUT2D eigenvalue weighted by Crippen LogP contribution is 2.19. The number of likely N-dealkylation sites (tertiary alicyclic amines) is 1. The summed E-state index contributed by atoms with van der Waals surface area (Å²) >= 11 is 0. The smallest absolute Gasteiger partial charge is 0.264 e. The summed E-state index contributed by atoms with van der Waals surface area (Å²) in [6.07, 6.45) is 4.03. The molecule has 3 rings (SSSR count). The molecule has 0 aliphatic carbocycles. The van der Waals surface area contributed by atoms with Gasteiger partial charge in [0.05, 0.1) is 11.7 Å². The molecule has 7 heteroatoms. The summed E-state index contributed by atoms with van der Waals surface area (Å²) in [4.78, 5) is 31.9. The Morgan fingerprint density at radius 1 is 1.27 bits per heavy atom. The quantitative estimate of drug-likeness (QED) is 0.843. The summed E-state index contributed by atoms with van der Waals surface area (Å²) in [5.74, 6) is 1.43. The largest absolute Gasteiger partial charge is 0.343 e. The summed E-state index contributed by atoms with van der Waals surface area (Å²) in [6.45, 7) is 12.1. The molecule has 1 aliphatic rings. The molecule has 0 radical (unpaired) electrons. The zero-order chi connectivity index (χ0) is 19.1. The first-order valence-corrected chi connectivity index (χ1v) is 9.42. The van der Waals surface area contributed by atoms with Crippen LogP contribution in [0.25, 0.3) is 11.0 Å². The van der Waals surface area contributed by atoms with Crippen molar-refractivity contribution in [1.82, 2.24) is 24.2 Å². The standard InChI is InChI=1S/C19H29N5O2/c1-13-6-9-22(10-7-13)16(25)8-11-23-14(2)21-17-15(18(23)26)12-20-24(17)19(3,4)5/h12-13H,6-11H2,1-5H3. The molecule has 1 amide bonds. The second-order valence-electron chi connectivity index (χ2n) is 8.39. The molecule has 0 aromatic carbocycles. The Kier molecular flexibility index (Phi) is 4.90. The monoisotopic (exact) mass is 359 g/mol. The second kappa shape index (κ2) is 6.85. The summed E-state index contributed by atoms with van der Waals surface area (Å²) in [5, 5.41) is 4.86. The highest BCUT2D eigenvalue weighted by Gasteiger charge is 2.23. The van der Waals surface area contributed by atoms with E-state index in [0.717, 1.165) is 25.9 Å². The van der Waals surface area contributed by atoms with Crippen molar-refractivity contribution in [3.63, 3.8) is 0 Å². The van der Waals surface area contributed by atoms with Crippen LogP contribution >= 0.6 is 0 Å². The van der Waals surface area contributed by atoms with Crippen LogP contribution in [0.4, 0.5) is 0 Å². The Morgan fingerprint density at radius 2 is 1.92 bits per heavy atom. The third kappa shape index (κ3) is 3.52. The molecule has 26 heavy (non-hydrogen) atoms. The molecular formula is C19H29N5O2. The molecule has 0 bridgehead atoms. The van der Waals surface area contributed by atoms with E-state index in [9.17, 15) is 9.59 Å². The molecule has 0 atom stereocenters. The van der Waals surface area contributed by atoms with Crippen molar-refractivity contribution in [2.24, 2.45) is 5.92 Å². The first-order chi connectivity index (χ1) is 12.2. The average molecular weight is 359 g/mol. The average Bonchev–Trinajstić information content (AvgIpc) is 2.99. The summed E-state index contributed by atoms with van der Waals surface area (Å²) in [6, 6.07) is 0. The lowest BCUT2D eigenvalue weighted by Gasteiger charge is -2.30. The van der Waals surface area contributed by atoms with Gasteiger partial charge in [-0.1, -0.05) is 6.92 Å². The van der Waals surface area contributed by atoms with Gasteiger partial charge in [-0.05, 0) is 46.5 Å². The maximum Gasteiger partial charge on any atom is 0.264 e. The van der Waals surface area contributed by atoms with Crippen molar-refractivity contribution in [2.75, 3.05) is 13.1 Å². The van der Waals surface area contributed by atoms with Gasteiger partial charge in [-0.3, -0.25) is 14.2 Å². The number of aryl methyl sites for hydroxylation is 1. The van der Waals surface area contributed by atoms with E-state index in [0.29, 0.717) is 35.7 Å². The molecule has 3 heterocycles. The molecule has 1 saturated heterocycles. The first-order valence-electron chi connectivity index (χ1n) is 9.42. The van der Waals surface area contributed by atoms with Gasteiger partial charge in [-0.2, -0.15) is 5.10 Å². The third-order valence-corrected chi connectivity index (χ3v) is 5.20. The maximum absolute atomic E-state index is 12.9. The second-order valence-corrected chi connectivity index (χ2v) is 8.39. The summed E-state index contributed by atoms with van der Waals surface area (Å²) in [5.41, 5.74) is 0.233. The van der Waals surface area contributed by atoms with Crippen molar-refractivity contribution in [1.29, 1.82) is 0 Å². The summed E-state index contributed by atoms with van der Waals surface area (Å²) < 4.78 is 3.38. The molecule has 2 aromatic heterocycles. The topological polar surface area (TPSA) is 73.0 Å². The molecule has 7 nitrogen and oxygen atoms in total. The number of nitrogens with zero attached hydrogens (tertiary/aromatic N) is 5. The number of aromatic nitrogens is 4. The van der Waals surface area contributed by atoms with Gasteiger partial charge >= 0.3 is 0 Å². The van der Waals surface area contributed by atoms with Crippen LogP contribution in [0.2, 0.25) is 0 Å². The van der Waals surface area contributed by atoms with Crippen molar-refractivity contribution >= 4 is 16.9 Å². The molecule has 0 unspecified atom stereocenters. The van der Waals surface area contributed by atoms with Crippen molar-refractivity contribution in [2.45, 2.75) is 66.0 Å². The molecule has 1 fully saturated rings. The molecule has 0 N–H and O–H groups in total. The van der Waals surface area contributed by atoms with Gasteiger partial charge in [-0.25, -0.2) is 9.67 Å². The number of rotatable bonds is 3. The number of hydrogen-bond donors (Lipinski definition) is 0. The number of fused-ring (bicyclic) bond motifs is 1. The van der Waals surface area contributed by atoms with E-state index in [4.69, 9.17) is 0 Å². The fourth-order valence-electron chi connectivity index (χ4n) is 3.48. The zero-order valence-corrected chi connectivity index (χ0v) is 16.4. The van der Waals surface area contributed by atoms with Gasteiger partial charge in [0.2, 0.25) is 5.91 Å². The van der Waals surface area contributed by atoms with E-state index in [2.05, 4.69) is 17.0 Å².